The Bertz CT molecular complexity index is 1110. The van der Waals surface area contributed by atoms with Gasteiger partial charge in [0.05, 0.1) is 43.2 Å². The zero-order valence-electron chi connectivity index (χ0n) is 22.4. The number of nitrogens with zero attached hydrogens (tertiary/aromatic N) is 6. The van der Waals surface area contributed by atoms with Crippen molar-refractivity contribution in [3.05, 3.63) is 39.0 Å². The Morgan fingerprint density at radius 3 is 2.39 bits per heavy atom. The molecule has 3 heterocycles. The van der Waals surface area contributed by atoms with Gasteiger partial charge in [0.2, 0.25) is 11.9 Å². The molecule has 1 aliphatic rings. The van der Waals surface area contributed by atoms with Crippen molar-refractivity contribution < 1.29 is 19.0 Å². The van der Waals surface area contributed by atoms with E-state index in [0.717, 1.165) is 6.04 Å². The molecular weight excluding hydrogens is 551 g/mol. The average Bonchev–Trinajstić information content (AvgIpc) is 2.88. The lowest BCUT2D eigenvalue weighted by molar-refractivity contribution is -0.132. The van der Waals surface area contributed by atoms with Crippen LogP contribution in [0.1, 0.15) is 13.3 Å². The molecule has 0 unspecified atom stereocenters. The Labute approximate surface area is 234 Å². The number of rotatable bonds is 13. The maximum absolute atomic E-state index is 12.6. The van der Waals surface area contributed by atoms with E-state index < -0.39 is 19.7 Å². The highest BCUT2D eigenvalue weighted by molar-refractivity contribution is 6.76. The zero-order chi connectivity index (χ0) is 27.7. The molecule has 2 aromatic rings. The van der Waals surface area contributed by atoms with Crippen LogP contribution >= 0.6 is 23.2 Å². The van der Waals surface area contributed by atoms with Crippen LogP contribution in [0.4, 0.5) is 5.95 Å². The number of halogens is 2. The lowest BCUT2D eigenvalue weighted by atomic mass is 10.3. The Balaban J connectivity index is 1.35. The summed E-state index contributed by atoms with van der Waals surface area (Å²) in [4.78, 5) is 37.3. The topological polar surface area (TPSA) is 112 Å². The van der Waals surface area contributed by atoms with Gasteiger partial charge in [-0.2, -0.15) is 5.10 Å². The van der Waals surface area contributed by atoms with Gasteiger partial charge in [0, 0.05) is 40.9 Å². The normalized spacial score (nSPS) is 15.0. The Morgan fingerprint density at radius 1 is 1.05 bits per heavy atom. The molecule has 0 aliphatic carbocycles. The molecule has 14 heteroatoms. The molecular formula is C24H36Cl2N6O5Si. The second kappa shape index (κ2) is 14.2. The van der Waals surface area contributed by atoms with Gasteiger partial charge in [-0.3, -0.25) is 9.59 Å². The Morgan fingerprint density at radius 2 is 1.74 bits per heavy atom. The summed E-state index contributed by atoms with van der Waals surface area (Å²) < 4.78 is 18.1. The maximum Gasteiger partial charge on any atom is 0.291 e. The van der Waals surface area contributed by atoms with Crippen LogP contribution in [0.2, 0.25) is 35.7 Å². The molecule has 0 N–H and O–H groups in total. The second-order valence-electron chi connectivity index (χ2n) is 10.3. The number of hydrogen-bond donors (Lipinski definition) is 0. The summed E-state index contributed by atoms with van der Waals surface area (Å²) in [6, 6.07) is 0.996. The van der Waals surface area contributed by atoms with E-state index in [4.69, 9.17) is 37.4 Å². The van der Waals surface area contributed by atoms with Crippen molar-refractivity contribution >= 4 is 43.1 Å². The van der Waals surface area contributed by atoms with Gasteiger partial charge in [0.1, 0.15) is 12.8 Å². The van der Waals surface area contributed by atoms with Gasteiger partial charge < -0.3 is 24.0 Å². The molecule has 1 atom stereocenters. The van der Waals surface area contributed by atoms with E-state index in [1.165, 1.54) is 10.9 Å². The molecule has 38 heavy (non-hydrogen) atoms. The van der Waals surface area contributed by atoms with E-state index in [9.17, 15) is 9.59 Å². The minimum Gasteiger partial charge on any atom is -0.485 e. The molecule has 1 aliphatic heterocycles. The zero-order valence-corrected chi connectivity index (χ0v) is 24.9. The highest BCUT2D eigenvalue weighted by Crippen LogP contribution is 2.20. The Hall–Kier alpha value is -2.25. The largest absolute Gasteiger partial charge is 0.485 e. The van der Waals surface area contributed by atoms with E-state index in [0.29, 0.717) is 43.8 Å². The number of anilines is 1. The third-order valence-electron chi connectivity index (χ3n) is 5.83. The first-order chi connectivity index (χ1) is 18.0. The minimum atomic E-state index is -1.21. The summed E-state index contributed by atoms with van der Waals surface area (Å²) in [7, 11) is -1.21. The average molecular weight is 588 g/mol. The van der Waals surface area contributed by atoms with Gasteiger partial charge in [-0.1, -0.05) is 42.8 Å². The lowest BCUT2D eigenvalue weighted by Gasteiger charge is -2.34. The SMILES string of the molecule is C[C@@H](COCCC(=O)N1CCN(c2ncc(Cl)cn2)CC1)Oc1cnn(COCC[Si](C)(C)C)c(=O)c1Cl. The summed E-state index contributed by atoms with van der Waals surface area (Å²) in [5, 5.41) is 4.53. The van der Waals surface area contributed by atoms with E-state index in [2.05, 4.69) is 34.7 Å². The maximum atomic E-state index is 12.6. The molecule has 1 fully saturated rings. The number of ether oxygens (including phenoxy) is 3. The van der Waals surface area contributed by atoms with Gasteiger partial charge in [-0.05, 0) is 13.0 Å². The fourth-order valence-electron chi connectivity index (χ4n) is 3.60. The van der Waals surface area contributed by atoms with Gasteiger partial charge >= 0.3 is 0 Å². The molecule has 0 saturated carbocycles. The first-order valence-corrected chi connectivity index (χ1v) is 17.1. The number of hydrogen-bond acceptors (Lipinski definition) is 9. The molecule has 0 aromatic carbocycles. The van der Waals surface area contributed by atoms with Gasteiger partial charge in [0.25, 0.3) is 5.56 Å². The molecule has 2 aromatic heterocycles. The number of aromatic nitrogens is 4. The van der Waals surface area contributed by atoms with Crippen molar-refractivity contribution in [2.24, 2.45) is 0 Å². The summed E-state index contributed by atoms with van der Waals surface area (Å²) in [6.45, 7) is 12.1. The molecule has 0 radical (unpaired) electrons. The summed E-state index contributed by atoms with van der Waals surface area (Å²) in [5.41, 5.74) is -0.474. The molecule has 11 nitrogen and oxygen atoms in total. The third kappa shape index (κ3) is 9.49. The van der Waals surface area contributed by atoms with Crippen molar-refractivity contribution in [2.75, 3.05) is 50.9 Å². The number of carbonyl (C=O) groups is 1. The molecule has 210 valence electrons. The van der Waals surface area contributed by atoms with Gasteiger partial charge in [-0.25, -0.2) is 14.6 Å². The number of carbonyl (C=O) groups excluding carboxylic acids is 1. The molecule has 0 spiro atoms. The lowest BCUT2D eigenvalue weighted by Crippen LogP contribution is -2.49. The van der Waals surface area contributed by atoms with E-state index >= 15 is 0 Å². The number of amides is 1. The van der Waals surface area contributed by atoms with Crippen molar-refractivity contribution in [3.8, 4) is 5.75 Å². The fourth-order valence-corrected chi connectivity index (χ4v) is 4.64. The van der Waals surface area contributed by atoms with Crippen molar-refractivity contribution in [1.82, 2.24) is 24.6 Å². The minimum absolute atomic E-state index is 0.0261. The van der Waals surface area contributed by atoms with Crippen molar-refractivity contribution in [2.45, 2.75) is 51.9 Å². The van der Waals surface area contributed by atoms with Crippen LogP contribution in [0, 0.1) is 0 Å². The fraction of sp³-hybridized carbons (Fsp3) is 0.625. The number of piperazine rings is 1. The van der Waals surface area contributed by atoms with Crippen LogP contribution < -0.4 is 15.2 Å². The van der Waals surface area contributed by atoms with Crippen LogP contribution in [-0.4, -0.2) is 90.7 Å². The first-order valence-electron chi connectivity index (χ1n) is 12.6. The van der Waals surface area contributed by atoms with E-state index in [1.807, 2.05) is 9.80 Å². The summed E-state index contributed by atoms with van der Waals surface area (Å²) in [6.07, 6.45) is 4.40. The Kier molecular flexibility index (Phi) is 11.3. The molecule has 1 saturated heterocycles. The molecule has 0 bridgehead atoms. The van der Waals surface area contributed by atoms with E-state index in [-0.39, 0.29) is 43.0 Å². The van der Waals surface area contributed by atoms with Crippen LogP contribution in [0.5, 0.6) is 5.75 Å². The highest BCUT2D eigenvalue weighted by atomic mass is 35.5. The molecule has 1 amide bonds. The van der Waals surface area contributed by atoms with Crippen LogP contribution in [0.15, 0.2) is 23.4 Å². The summed E-state index contributed by atoms with van der Waals surface area (Å²) >= 11 is 12.1. The molecule has 3 rings (SSSR count). The van der Waals surface area contributed by atoms with Crippen LogP contribution in [0.25, 0.3) is 0 Å². The van der Waals surface area contributed by atoms with Gasteiger partial charge in [0.15, 0.2) is 10.8 Å². The van der Waals surface area contributed by atoms with E-state index in [1.54, 1.807) is 19.3 Å². The van der Waals surface area contributed by atoms with Crippen LogP contribution in [0.3, 0.4) is 0 Å². The predicted octanol–water partition coefficient (Wildman–Crippen LogP) is 3.18. The van der Waals surface area contributed by atoms with Gasteiger partial charge in [-0.15, -0.1) is 0 Å². The quantitative estimate of drug-likeness (QED) is 0.258. The van der Waals surface area contributed by atoms with Crippen molar-refractivity contribution in [1.29, 1.82) is 0 Å². The standard InChI is InChI=1S/C24H36Cl2N6O5Si/c1-18(37-20-15-29-32(23(34)22(20)26)17-36-11-12-38(2,3)4)16-35-10-5-21(33)30-6-8-31(9-7-30)24-27-13-19(25)14-28-24/h13-15,18H,5-12,16-17H2,1-4H3/t18-/m0/s1. The first kappa shape index (κ1) is 30.3. The summed E-state index contributed by atoms with van der Waals surface area (Å²) in [5.74, 6) is 0.820. The highest BCUT2D eigenvalue weighted by Gasteiger charge is 2.22. The van der Waals surface area contributed by atoms with Crippen molar-refractivity contribution in [3.63, 3.8) is 0 Å². The predicted molar refractivity (Wildman–Crippen MR) is 149 cm³/mol. The monoisotopic (exact) mass is 586 g/mol. The smallest absolute Gasteiger partial charge is 0.291 e. The third-order valence-corrected chi connectivity index (χ3v) is 8.07. The van der Waals surface area contributed by atoms with Crippen LogP contribution in [-0.2, 0) is 21.0 Å². The second-order valence-corrected chi connectivity index (χ2v) is 16.7.